The standard InChI is InChI=1S/C32H36F3NO5/c1-20(2)29-26(19-27(41-29)21-9-13-24(14-10-21)32(33,34)35)30(22-7-5-4-6-8-22)40-25-15-11-23(12-16-25)31(39)36(3)18-17-28(37)38/h9-16,19-20,22,30H,4-8,17-18H2,1-3H3,(H,37,38). The van der Waals surface area contributed by atoms with Gasteiger partial charge in [-0.15, -0.1) is 0 Å². The molecule has 0 radical (unpaired) electrons. The molecule has 0 spiro atoms. The normalized spacial score (nSPS) is 15.1. The van der Waals surface area contributed by atoms with E-state index in [0.29, 0.717) is 22.6 Å². The van der Waals surface area contributed by atoms with Gasteiger partial charge in [-0.1, -0.05) is 45.2 Å². The molecule has 3 aromatic rings. The van der Waals surface area contributed by atoms with Gasteiger partial charge in [0, 0.05) is 42.1 Å². The minimum absolute atomic E-state index is 0.0178. The van der Waals surface area contributed by atoms with Crippen molar-refractivity contribution in [3.63, 3.8) is 0 Å². The molecule has 1 unspecified atom stereocenters. The van der Waals surface area contributed by atoms with Crippen LogP contribution in [0.25, 0.3) is 11.3 Å². The van der Waals surface area contributed by atoms with Crippen LogP contribution in [0.2, 0.25) is 0 Å². The molecule has 1 saturated carbocycles. The van der Waals surface area contributed by atoms with Gasteiger partial charge in [0.15, 0.2) is 0 Å². The maximum atomic E-state index is 13.1. The molecule has 4 rings (SSSR count). The fourth-order valence-corrected chi connectivity index (χ4v) is 5.32. The van der Waals surface area contributed by atoms with Crippen LogP contribution in [-0.2, 0) is 11.0 Å². The zero-order valence-electron chi connectivity index (χ0n) is 23.5. The van der Waals surface area contributed by atoms with E-state index in [2.05, 4.69) is 0 Å². The largest absolute Gasteiger partial charge is 0.485 e. The third-order valence-corrected chi connectivity index (χ3v) is 7.57. The van der Waals surface area contributed by atoms with Gasteiger partial charge in [-0.2, -0.15) is 13.2 Å². The topological polar surface area (TPSA) is 80.0 Å². The summed E-state index contributed by atoms with van der Waals surface area (Å²) < 4.78 is 52.2. The van der Waals surface area contributed by atoms with Crippen LogP contribution in [0.3, 0.4) is 0 Å². The van der Waals surface area contributed by atoms with E-state index in [-0.39, 0.29) is 36.8 Å². The summed E-state index contributed by atoms with van der Waals surface area (Å²) in [6, 6.07) is 13.7. The summed E-state index contributed by atoms with van der Waals surface area (Å²) in [4.78, 5) is 24.9. The van der Waals surface area contributed by atoms with Gasteiger partial charge in [0.2, 0.25) is 0 Å². The molecule has 41 heavy (non-hydrogen) atoms. The number of hydrogen-bond acceptors (Lipinski definition) is 4. The van der Waals surface area contributed by atoms with Crippen molar-refractivity contribution in [3.05, 3.63) is 77.0 Å². The Labute approximate surface area is 238 Å². The van der Waals surface area contributed by atoms with Gasteiger partial charge >= 0.3 is 12.1 Å². The molecule has 9 heteroatoms. The first-order valence-electron chi connectivity index (χ1n) is 14.0. The lowest BCUT2D eigenvalue weighted by Crippen LogP contribution is -2.29. The number of halogens is 3. The minimum Gasteiger partial charge on any atom is -0.485 e. The molecule has 1 aliphatic rings. The van der Waals surface area contributed by atoms with Crippen molar-refractivity contribution >= 4 is 11.9 Å². The number of aliphatic carboxylic acids is 1. The van der Waals surface area contributed by atoms with Crippen LogP contribution in [0.15, 0.2) is 59.0 Å². The van der Waals surface area contributed by atoms with Crippen LogP contribution in [-0.4, -0.2) is 35.5 Å². The zero-order chi connectivity index (χ0) is 29.7. The number of carbonyl (C=O) groups excluding carboxylic acids is 1. The number of carboxylic acids is 1. The molecule has 2 aromatic carbocycles. The van der Waals surface area contributed by atoms with E-state index < -0.39 is 17.7 Å². The molecule has 0 bridgehead atoms. The first kappa shape index (κ1) is 30.2. The van der Waals surface area contributed by atoms with E-state index in [1.54, 1.807) is 31.3 Å². The summed E-state index contributed by atoms with van der Waals surface area (Å²) >= 11 is 0. The molecule has 6 nitrogen and oxygen atoms in total. The minimum atomic E-state index is -4.41. The third kappa shape index (κ3) is 7.51. The molecule has 220 valence electrons. The quantitative estimate of drug-likeness (QED) is 0.265. The average Bonchev–Trinajstić information content (AvgIpc) is 3.40. The van der Waals surface area contributed by atoms with Gasteiger partial charge < -0.3 is 19.2 Å². The Morgan fingerprint density at radius 3 is 2.22 bits per heavy atom. The maximum absolute atomic E-state index is 13.1. The molecule has 1 aromatic heterocycles. The first-order valence-corrected chi connectivity index (χ1v) is 14.0. The molecule has 1 aliphatic carbocycles. The fourth-order valence-electron chi connectivity index (χ4n) is 5.32. The van der Waals surface area contributed by atoms with E-state index in [1.165, 1.54) is 17.0 Å². The second-order valence-corrected chi connectivity index (χ2v) is 11.0. The van der Waals surface area contributed by atoms with Gasteiger partial charge in [-0.25, -0.2) is 0 Å². The lowest BCUT2D eigenvalue weighted by Gasteiger charge is -2.31. The van der Waals surface area contributed by atoms with Crippen LogP contribution in [0.1, 0.15) is 91.6 Å². The molecule has 1 amide bonds. The SMILES string of the molecule is CC(C)c1oc(-c2ccc(C(F)(F)F)cc2)cc1C(Oc1ccc(C(=O)N(C)CCC(=O)O)cc1)C1CCCCC1. The number of carboxylic acid groups (broad SMARTS) is 1. The number of carbonyl (C=O) groups is 2. The Bertz CT molecular complexity index is 1320. The van der Waals surface area contributed by atoms with Gasteiger partial charge in [-0.05, 0) is 55.3 Å². The van der Waals surface area contributed by atoms with Crippen molar-refractivity contribution < 1.29 is 37.0 Å². The van der Waals surface area contributed by atoms with Crippen LogP contribution < -0.4 is 4.74 Å². The van der Waals surface area contributed by atoms with Gasteiger partial charge in [0.1, 0.15) is 23.4 Å². The summed E-state index contributed by atoms with van der Waals surface area (Å²) in [6.07, 6.45) is 0.409. The number of furan rings is 1. The maximum Gasteiger partial charge on any atom is 0.416 e. The summed E-state index contributed by atoms with van der Waals surface area (Å²) in [5.74, 6) is 0.808. The Morgan fingerprint density at radius 1 is 1.02 bits per heavy atom. The van der Waals surface area contributed by atoms with Crippen LogP contribution in [0.4, 0.5) is 13.2 Å². The van der Waals surface area contributed by atoms with E-state index >= 15 is 0 Å². The van der Waals surface area contributed by atoms with E-state index in [1.807, 2.05) is 19.9 Å². The molecular formula is C32H36F3NO5. The Hall–Kier alpha value is -3.75. The number of nitrogens with zero attached hydrogens (tertiary/aromatic N) is 1. The smallest absolute Gasteiger partial charge is 0.416 e. The second kappa shape index (κ2) is 12.8. The summed E-state index contributed by atoms with van der Waals surface area (Å²) in [7, 11) is 1.56. The van der Waals surface area contributed by atoms with E-state index in [0.717, 1.165) is 55.6 Å². The van der Waals surface area contributed by atoms with Crippen molar-refractivity contribution in [1.82, 2.24) is 4.90 Å². The van der Waals surface area contributed by atoms with Crippen molar-refractivity contribution in [2.75, 3.05) is 13.6 Å². The molecule has 0 saturated heterocycles. The highest BCUT2D eigenvalue weighted by atomic mass is 19.4. The van der Waals surface area contributed by atoms with Crippen molar-refractivity contribution in [2.24, 2.45) is 5.92 Å². The summed E-state index contributed by atoms with van der Waals surface area (Å²) in [5.41, 5.74) is 1.16. The lowest BCUT2D eigenvalue weighted by molar-refractivity contribution is -0.138. The number of amides is 1. The highest BCUT2D eigenvalue weighted by Gasteiger charge is 2.33. The fraction of sp³-hybridized carbons (Fsp3) is 0.438. The highest BCUT2D eigenvalue weighted by Crippen LogP contribution is 2.43. The van der Waals surface area contributed by atoms with Crippen molar-refractivity contribution in [3.8, 4) is 17.1 Å². The van der Waals surface area contributed by atoms with Gasteiger partial charge in [0.25, 0.3) is 5.91 Å². The highest BCUT2D eigenvalue weighted by molar-refractivity contribution is 5.94. The molecule has 1 N–H and O–H groups in total. The van der Waals surface area contributed by atoms with Crippen LogP contribution >= 0.6 is 0 Å². The molecule has 1 fully saturated rings. The number of benzene rings is 2. The Morgan fingerprint density at radius 2 is 1.66 bits per heavy atom. The van der Waals surface area contributed by atoms with E-state index in [9.17, 15) is 22.8 Å². The van der Waals surface area contributed by atoms with Crippen molar-refractivity contribution in [2.45, 2.75) is 70.6 Å². The summed E-state index contributed by atoms with van der Waals surface area (Å²) in [5, 5.41) is 8.89. The van der Waals surface area contributed by atoms with E-state index in [4.69, 9.17) is 14.3 Å². The third-order valence-electron chi connectivity index (χ3n) is 7.57. The lowest BCUT2D eigenvalue weighted by atomic mass is 9.81. The monoisotopic (exact) mass is 571 g/mol. The Kier molecular flexibility index (Phi) is 9.46. The van der Waals surface area contributed by atoms with Gasteiger partial charge in [0.05, 0.1) is 12.0 Å². The van der Waals surface area contributed by atoms with Crippen molar-refractivity contribution in [1.29, 1.82) is 0 Å². The molecule has 1 heterocycles. The van der Waals surface area contributed by atoms with Gasteiger partial charge in [-0.3, -0.25) is 9.59 Å². The second-order valence-electron chi connectivity index (χ2n) is 11.0. The van der Waals surface area contributed by atoms with Crippen LogP contribution in [0.5, 0.6) is 5.75 Å². The number of rotatable bonds is 10. The Balaban J connectivity index is 1.62. The predicted molar refractivity (Wildman–Crippen MR) is 149 cm³/mol. The number of ether oxygens (including phenoxy) is 1. The summed E-state index contributed by atoms with van der Waals surface area (Å²) in [6.45, 7) is 4.13. The average molecular weight is 572 g/mol. The van der Waals surface area contributed by atoms with Crippen LogP contribution in [0, 0.1) is 5.92 Å². The predicted octanol–water partition coefficient (Wildman–Crippen LogP) is 8.34. The molecular weight excluding hydrogens is 535 g/mol. The first-order chi connectivity index (χ1) is 19.4. The number of alkyl halides is 3. The molecule has 0 aliphatic heterocycles. The number of hydrogen-bond donors (Lipinski definition) is 1. The molecule has 1 atom stereocenters. The zero-order valence-corrected chi connectivity index (χ0v) is 23.5.